The van der Waals surface area contributed by atoms with E-state index in [1.54, 1.807) is 13.0 Å². The monoisotopic (exact) mass is 312 g/mol. The predicted octanol–water partition coefficient (Wildman–Crippen LogP) is 1.41. The Morgan fingerprint density at radius 3 is 2.50 bits per heavy atom. The number of alkyl halides is 1. The first-order chi connectivity index (χ1) is 8.43. The standard InChI is InChI=1S/C11H9BrN2O4/c1-5-6(3-2-4-7(5)14(17)18)8-9(12)11(16)13-10(8)15/h2-4,8-9H,1H3,(H,13,15,16). The molecule has 0 saturated carbocycles. The van der Waals surface area contributed by atoms with Crippen molar-refractivity contribution < 1.29 is 14.5 Å². The molecule has 0 aliphatic carbocycles. The van der Waals surface area contributed by atoms with Gasteiger partial charge in [0.2, 0.25) is 11.8 Å². The first kappa shape index (κ1) is 12.7. The van der Waals surface area contributed by atoms with Crippen molar-refractivity contribution in [2.45, 2.75) is 17.7 Å². The Labute approximate surface area is 111 Å². The summed E-state index contributed by atoms with van der Waals surface area (Å²) in [6.07, 6.45) is 0. The number of imide groups is 1. The summed E-state index contributed by atoms with van der Waals surface area (Å²) in [5, 5.41) is 13.0. The van der Waals surface area contributed by atoms with Gasteiger partial charge in [-0.25, -0.2) is 0 Å². The van der Waals surface area contributed by atoms with E-state index in [1.165, 1.54) is 12.1 Å². The molecule has 1 aromatic carbocycles. The van der Waals surface area contributed by atoms with Gasteiger partial charge in [0.05, 0.1) is 10.8 Å². The average molecular weight is 313 g/mol. The van der Waals surface area contributed by atoms with Crippen LogP contribution < -0.4 is 5.32 Å². The van der Waals surface area contributed by atoms with Gasteiger partial charge in [-0.2, -0.15) is 0 Å². The first-order valence-electron chi connectivity index (χ1n) is 5.16. The van der Waals surface area contributed by atoms with Gasteiger partial charge < -0.3 is 0 Å². The highest BCUT2D eigenvalue weighted by molar-refractivity contribution is 9.10. The molecule has 1 fully saturated rings. The summed E-state index contributed by atoms with van der Waals surface area (Å²) in [4.78, 5) is 32.7. The zero-order valence-electron chi connectivity index (χ0n) is 9.34. The lowest BCUT2D eigenvalue weighted by molar-refractivity contribution is -0.385. The number of rotatable bonds is 2. The number of hydrogen-bond donors (Lipinski definition) is 1. The third kappa shape index (κ3) is 1.90. The number of nitrogens with zero attached hydrogens (tertiary/aromatic N) is 1. The van der Waals surface area contributed by atoms with Crippen LogP contribution in [-0.2, 0) is 9.59 Å². The molecule has 2 rings (SSSR count). The minimum Gasteiger partial charge on any atom is -0.295 e. The fourth-order valence-corrected chi connectivity index (χ4v) is 2.67. The van der Waals surface area contributed by atoms with Crippen LogP contribution in [0.15, 0.2) is 18.2 Å². The van der Waals surface area contributed by atoms with Crippen LogP contribution in [0.25, 0.3) is 0 Å². The molecule has 0 radical (unpaired) electrons. The molecule has 2 atom stereocenters. The van der Waals surface area contributed by atoms with Gasteiger partial charge in [-0.3, -0.25) is 25.0 Å². The molecule has 0 aromatic heterocycles. The van der Waals surface area contributed by atoms with Gasteiger partial charge in [-0.15, -0.1) is 0 Å². The molecule has 1 aliphatic rings. The highest BCUT2D eigenvalue weighted by Crippen LogP contribution is 2.34. The number of nitro groups is 1. The Morgan fingerprint density at radius 2 is 2.00 bits per heavy atom. The van der Waals surface area contributed by atoms with Gasteiger partial charge in [0.15, 0.2) is 0 Å². The second-order valence-corrected chi connectivity index (χ2v) is 4.97. The molecule has 1 aliphatic heterocycles. The van der Waals surface area contributed by atoms with Crippen molar-refractivity contribution in [2.24, 2.45) is 0 Å². The van der Waals surface area contributed by atoms with Gasteiger partial charge in [0, 0.05) is 11.6 Å². The molecule has 2 amide bonds. The fraction of sp³-hybridized carbons (Fsp3) is 0.273. The van der Waals surface area contributed by atoms with Crippen molar-refractivity contribution >= 4 is 33.4 Å². The molecule has 18 heavy (non-hydrogen) atoms. The van der Waals surface area contributed by atoms with Crippen LogP contribution in [0.2, 0.25) is 0 Å². The Balaban J connectivity index is 2.52. The molecule has 7 heteroatoms. The second kappa shape index (κ2) is 4.49. The minimum absolute atomic E-state index is 0.0562. The van der Waals surface area contributed by atoms with Gasteiger partial charge >= 0.3 is 0 Å². The summed E-state index contributed by atoms with van der Waals surface area (Å²) in [6.45, 7) is 1.57. The highest BCUT2D eigenvalue weighted by Gasteiger charge is 2.42. The lowest BCUT2D eigenvalue weighted by Crippen LogP contribution is -2.22. The molecule has 1 heterocycles. The average Bonchev–Trinajstić information content (AvgIpc) is 2.54. The lowest BCUT2D eigenvalue weighted by Gasteiger charge is -2.13. The van der Waals surface area contributed by atoms with Gasteiger partial charge in [0.1, 0.15) is 4.83 Å². The number of nitro benzene ring substituents is 1. The van der Waals surface area contributed by atoms with Crippen molar-refractivity contribution in [2.75, 3.05) is 0 Å². The molecule has 1 N–H and O–H groups in total. The van der Waals surface area contributed by atoms with E-state index in [1.807, 2.05) is 0 Å². The molecule has 6 nitrogen and oxygen atoms in total. The summed E-state index contributed by atoms with van der Waals surface area (Å²) in [7, 11) is 0. The third-order valence-corrected chi connectivity index (χ3v) is 3.90. The van der Waals surface area contributed by atoms with E-state index in [0.29, 0.717) is 11.1 Å². The van der Waals surface area contributed by atoms with Crippen LogP contribution in [0, 0.1) is 17.0 Å². The fourth-order valence-electron chi connectivity index (χ4n) is 2.03. The van der Waals surface area contributed by atoms with E-state index in [0.717, 1.165) is 0 Å². The van der Waals surface area contributed by atoms with Crippen LogP contribution >= 0.6 is 15.9 Å². The maximum Gasteiger partial charge on any atom is 0.272 e. The number of carbonyl (C=O) groups excluding carboxylic acids is 2. The number of amides is 2. The van der Waals surface area contributed by atoms with Crippen molar-refractivity contribution in [3.8, 4) is 0 Å². The molecule has 1 aromatic rings. The number of hydrogen-bond acceptors (Lipinski definition) is 4. The Hall–Kier alpha value is -1.76. The van der Waals surface area contributed by atoms with Gasteiger partial charge in [0.25, 0.3) is 5.69 Å². The SMILES string of the molecule is Cc1c(C2C(=O)NC(=O)C2Br)cccc1[N+](=O)[O-]. The molecular weight excluding hydrogens is 304 g/mol. The van der Waals surface area contributed by atoms with E-state index in [-0.39, 0.29) is 5.69 Å². The third-order valence-electron chi connectivity index (χ3n) is 2.95. The van der Waals surface area contributed by atoms with Crippen LogP contribution in [-0.4, -0.2) is 21.6 Å². The van der Waals surface area contributed by atoms with Crippen molar-refractivity contribution in [3.63, 3.8) is 0 Å². The number of carbonyl (C=O) groups is 2. The maximum atomic E-state index is 11.7. The molecule has 2 unspecified atom stereocenters. The zero-order chi connectivity index (χ0) is 13.4. The summed E-state index contributed by atoms with van der Waals surface area (Å²) in [5.41, 5.74) is 0.843. The highest BCUT2D eigenvalue weighted by atomic mass is 79.9. The van der Waals surface area contributed by atoms with Crippen LogP contribution in [0.5, 0.6) is 0 Å². The Bertz CT molecular complexity index is 558. The van der Waals surface area contributed by atoms with Crippen LogP contribution in [0.1, 0.15) is 17.0 Å². The minimum atomic E-state index is -0.725. The Morgan fingerprint density at radius 1 is 1.33 bits per heavy atom. The zero-order valence-corrected chi connectivity index (χ0v) is 10.9. The van der Waals surface area contributed by atoms with Crippen LogP contribution in [0.4, 0.5) is 5.69 Å². The molecule has 0 spiro atoms. The van der Waals surface area contributed by atoms with Crippen molar-refractivity contribution in [1.82, 2.24) is 5.32 Å². The van der Waals surface area contributed by atoms with E-state index in [4.69, 9.17) is 0 Å². The van der Waals surface area contributed by atoms with E-state index in [2.05, 4.69) is 21.2 Å². The summed E-state index contributed by atoms with van der Waals surface area (Å²) in [6, 6.07) is 4.51. The molecule has 0 bridgehead atoms. The number of halogens is 1. The van der Waals surface area contributed by atoms with Crippen molar-refractivity contribution in [3.05, 3.63) is 39.4 Å². The summed E-state index contributed by atoms with van der Waals surface area (Å²) >= 11 is 3.14. The quantitative estimate of drug-likeness (QED) is 0.387. The van der Waals surface area contributed by atoms with Crippen LogP contribution in [0.3, 0.4) is 0 Å². The molecular formula is C11H9BrN2O4. The summed E-state index contributed by atoms with van der Waals surface area (Å²) in [5.74, 6) is -1.58. The van der Waals surface area contributed by atoms with Gasteiger partial charge in [-0.05, 0) is 12.5 Å². The van der Waals surface area contributed by atoms with E-state index < -0.39 is 27.5 Å². The number of nitrogens with one attached hydrogen (secondary N) is 1. The topological polar surface area (TPSA) is 89.3 Å². The lowest BCUT2D eigenvalue weighted by atomic mass is 9.92. The largest absolute Gasteiger partial charge is 0.295 e. The van der Waals surface area contributed by atoms with E-state index in [9.17, 15) is 19.7 Å². The number of benzene rings is 1. The summed E-state index contributed by atoms with van der Waals surface area (Å²) < 4.78 is 0. The molecule has 94 valence electrons. The van der Waals surface area contributed by atoms with Crippen molar-refractivity contribution in [1.29, 1.82) is 0 Å². The Kier molecular flexibility index (Phi) is 3.16. The van der Waals surface area contributed by atoms with E-state index >= 15 is 0 Å². The predicted molar refractivity (Wildman–Crippen MR) is 66.4 cm³/mol. The van der Waals surface area contributed by atoms with Gasteiger partial charge in [-0.1, -0.05) is 28.1 Å². The smallest absolute Gasteiger partial charge is 0.272 e. The second-order valence-electron chi connectivity index (χ2n) is 3.98. The normalized spacial score (nSPS) is 23.0. The molecule has 1 saturated heterocycles. The first-order valence-corrected chi connectivity index (χ1v) is 6.07. The maximum absolute atomic E-state index is 11.7.